The van der Waals surface area contributed by atoms with Gasteiger partial charge in [0.15, 0.2) is 0 Å². The molecule has 0 saturated carbocycles. The summed E-state index contributed by atoms with van der Waals surface area (Å²) in [5.41, 5.74) is 4.95. The molecule has 0 aliphatic heterocycles. The highest BCUT2D eigenvalue weighted by molar-refractivity contribution is 6.05. The number of imidazole rings is 1. The molecule has 118 valence electrons. The molecule has 1 aromatic carbocycles. The van der Waals surface area contributed by atoms with Gasteiger partial charge >= 0.3 is 0 Å². The van der Waals surface area contributed by atoms with Gasteiger partial charge in [-0.1, -0.05) is 12.1 Å². The van der Waals surface area contributed by atoms with Crippen LogP contribution in [0.25, 0.3) is 11.4 Å². The Morgan fingerprint density at radius 2 is 2.00 bits per heavy atom. The maximum atomic E-state index is 12.4. The minimum absolute atomic E-state index is 0.167. The Kier molecular flexibility index (Phi) is 3.73. The molecule has 0 atom stereocenters. The van der Waals surface area contributed by atoms with Gasteiger partial charge in [-0.15, -0.1) is 0 Å². The monoisotopic (exact) mass is 309 g/mol. The summed E-state index contributed by atoms with van der Waals surface area (Å²) >= 11 is 0. The maximum Gasteiger partial charge on any atom is 0.259 e. The number of hydrogen-bond acceptors (Lipinski definition) is 3. The van der Waals surface area contributed by atoms with Crippen LogP contribution in [-0.4, -0.2) is 25.7 Å². The number of anilines is 1. The summed E-state index contributed by atoms with van der Waals surface area (Å²) in [6.07, 6.45) is 1.72. The Labute approximate surface area is 134 Å². The summed E-state index contributed by atoms with van der Waals surface area (Å²) in [6, 6.07) is 7.62. The number of amides is 1. The summed E-state index contributed by atoms with van der Waals surface area (Å²) in [6.45, 7) is 5.77. The van der Waals surface area contributed by atoms with E-state index in [0.29, 0.717) is 11.3 Å². The molecule has 0 saturated heterocycles. The van der Waals surface area contributed by atoms with Gasteiger partial charge in [-0.25, -0.2) is 4.98 Å². The molecule has 0 unspecified atom stereocenters. The number of nitrogens with one attached hydrogen (secondary N) is 2. The third kappa shape index (κ3) is 3.01. The van der Waals surface area contributed by atoms with E-state index in [9.17, 15) is 4.79 Å². The van der Waals surface area contributed by atoms with E-state index in [-0.39, 0.29) is 5.91 Å². The van der Waals surface area contributed by atoms with Gasteiger partial charge in [-0.05, 0) is 32.9 Å². The van der Waals surface area contributed by atoms with Crippen LogP contribution in [0.2, 0.25) is 0 Å². The molecule has 23 heavy (non-hydrogen) atoms. The Morgan fingerprint density at radius 1 is 1.22 bits per heavy atom. The third-order valence-electron chi connectivity index (χ3n) is 3.78. The minimum Gasteiger partial charge on any atom is -0.342 e. The lowest BCUT2D eigenvalue weighted by atomic mass is 10.2. The van der Waals surface area contributed by atoms with Crippen LogP contribution in [0.3, 0.4) is 0 Å². The SMILES string of the molecule is Cc1nn(C)cc1C(=O)Nc1cccc(-c2nc(C)c(C)[nH]2)c1. The Hall–Kier alpha value is -2.89. The summed E-state index contributed by atoms with van der Waals surface area (Å²) in [5.74, 6) is 0.633. The first-order valence-corrected chi connectivity index (χ1v) is 7.39. The molecular formula is C17H19N5O. The number of carbonyl (C=O) groups excluding carboxylic acids is 1. The molecule has 6 nitrogen and oxygen atoms in total. The van der Waals surface area contributed by atoms with Crippen LogP contribution in [0.1, 0.15) is 27.4 Å². The molecule has 0 aliphatic carbocycles. The van der Waals surface area contributed by atoms with Crippen molar-refractivity contribution >= 4 is 11.6 Å². The maximum absolute atomic E-state index is 12.4. The smallest absolute Gasteiger partial charge is 0.259 e. The van der Waals surface area contributed by atoms with Gasteiger partial charge in [0, 0.05) is 30.2 Å². The number of hydrogen-bond donors (Lipinski definition) is 2. The molecule has 0 fully saturated rings. The molecule has 3 aromatic rings. The molecule has 2 aromatic heterocycles. The van der Waals surface area contributed by atoms with E-state index in [2.05, 4.69) is 20.4 Å². The number of carbonyl (C=O) groups is 1. The van der Waals surface area contributed by atoms with Crippen LogP contribution in [0.5, 0.6) is 0 Å². The largest absolute Gasteiger partial charge is 0.342 e. The van der Waals surface area contributed by atoms with E-state index in [1.54, 1.807) is 17.9 Å². The molecule has 2 N–H and O–H groups in total. The standard InChI is InChI=1S/C17H19N5O/c1-10-11(2)19-16(18-10)13-6-5-7-14(8-13)20-17(23)15-9-22(4)21-12(15)3/h5-9H,1-4H3,(H,18,19)(H,20,23). The fourth-order valence-electron chi connectivity index (χ4n) is 2.45. The Balaban J connectivity index is 1.85. The predicted molar refractivity (Wildman–Crippen MR) is 89.4 cm³/mol. The van der Waals surface area contributed by atoms with Crippen LogP contribution >= 0.6 is 0 Å². The highest BCUT2D eigenvalue weighted by Crippen LogP contribution is 2.22. The van der Waals surface area contributed by atoms with Gasteiger partial charge in [0.1, 0.15) is 5.82 Å². The van der Waals surface area contributed by atoms with Crippen LogP contribution in [-0.2, 0) is 7.05 Å². The quantitative estimate of drug-likeness (QED) is 0.781. The molecule has 0 aliphatic rings. The molecule has 0 spiro atoms. The van der Waals surface area contributed by atoms with Gasteiger partial charge in [-0.3, -0.25) is 9.48 Å². The summed E-state index contributed by atoms with van der Waals surface area (Å²) < 4.78 is 1.63. The molecule has 0 bridgehead atoms. The average Bonchev–Trinajstić information content (AvgIpc) is 3.01. The van der Waals surface area contributed by atoms with Gasteiger partial charge in [0.25, 0.3) is 5.91 Å². The normalized spacial score (nSPS) is 10.8. The zero-order chi connectivity index (χ0) is 16.6. The van der Waals surface area contributed by atoms with Crippen molar-refractivity contribution in [3.05, 3.63) is 53.1 Å². The Bertz CT molecular complexity index is 855. The number of H-pyrrole nitrogens is 1. The van der Waals surface area contributed by atoms with Crippen molar-refractivity contribution in [1.29, 1.82) is 0 Å². The van der Waals surface area contributed by atoms with E-state index in [0.717, 1.165) is 28.5 Å². The number of aromatic amines is 1. The second-order valence-electron chi connectivity index (χ2n) is 5.63. The average molecular weight is 309 g/mol. The van der Waals surface area contributed by atoms with Gasteiger partial charge < -0.3 is 10.3 Å². The van der Waals surface area contributed by atoms with Crippen molar-refractivity contribution < 1.29 is 4.79 Å². The van der Waals surface area contributed by atoms with E-state index in [4.69, 9.17) is 0 Å². The van der Waals surface area contributed by atoms with Gasteiger partial charge in [0.2, 0.25) is 0 Å². The van der Waals surface area contributed by atoms with Crippen molar-refractivity contribution in [2.45, 2.75) is 20.8 Å². The molecule has 2 heterocycles. The lowest BCUT2D eigenvalue weighted by Gasteiger charge is -2.06. The van der Waals surface area contributed by atoms with E-state index in [1.165, 1.54) is 0 Å². The van der Waals surface area contributed by atoms with Gasteiger partial charge in [-0.2, -0.15) is 5.10 Å². The third-order valence-corrected chi connectivity index (χ3v) is 3.78. The predicted octanol–water partition coefficient (Wildman–Crippen LogP) is 2.99. The first kappa shape index (κ1) is 15.0. The number of benzene rings is 1. The van der Waals surface area contributed by atoms with Crippen molar-refractivity contribution in [1.82, 2.24) is 19.7 Å². The zero-order valence-corrected chi connectivity index (χ0v) is 13.6. The van der Waals surface area contributed by atoms with Crippen molar-refractivity contribution in [3.8, 4) is 11.4 Å². The van der Waals surface area contributed by atoms with E-state index < -0.39 is 0 Å². The van der Waals surface area contributed by atoms with Crippen molar-refractivity contribution in [2.75, 3.05) is 5.32 Å². The number of aromatic nitrogens is 4. The van der Waals surface area contributed by atoms with Crippen LogP contribution < -0.4 is 5.32 Å². The van der Waals surface area contributed by atoms with E-state index in [1.807, 2.05) is 45.0 Å². The fraction of sp³-hybridized carbons (Fsp3) is 0.235. The lowest BCUT2D eigenvalue weighted by molar-refractivity contribution is 0.102. The number of rotatable bonds is 3. The topological polar surface area (TPSA) is 75.6 Å². The van der Waals surface area contributed by atoms with E-state index >= 15 is 0 Å². The van der Waals surface area contributed by atoms with Crippen LogP contribution in [0.15, 0.2) is 30.5 Å². The molecule has 0 radical (unpaired) electrons. The molecule has 6 heteroatoms. The Morgan fingerprint density at radius 3 is 2.61 bits per heavy atom. The second kappa shape index (κ2) is 5.72. The fourth-order valence-corrected chi connectivity index (χ4v) is 2.45. The number of nitrogens with zero attached hydrogens (tertiary/aromatic N) is 3. The number of aryl methyl sites for hydroxylation is 4. The minimum atomic E-state index is -0.167. The first-order chi connectivity index (χ1) is 10.9. The van der Waals surface area contributed by atoms with Crippen molar-refractivity contribution in [2.24, 2.45) is 7.05 Å². The molecular weight excluding hydrogens is 290 g/mol. The molecule has 3 rings (SSSR count). The second-order valence-corrected chi connectivity index (χ2v) is 5.63. The summed E-state index contributed by atoms with van der Waals surface area (Å²) in [7, 11) is 1.80. The summed E-state index contributed by atoms with van der Waals surface area (Å²) in [4.78, 5) is 20.1. The highest BCUT2D eigenvalue weighted by atomic mass is 16.1. The molecule has 1 amide bonds. The summed E-state index contributed by atoms with van der Waals surface area (Å²) in [5, 5.41) is 7.10. The lowest BCUT2D eigenvalue weighted by Crippen LogP contribution is -2.12. The highest BCUT2D eigenvalue weighted by Gasteiger charge is 2.13. The van der Waals surface area contributed by atoms with Gasteiger partial charge in [0.05, 0.1) is 17.0 Å². The zero-order valence-electron chi connectivity index (χ0n) is 13.6. The van der Waals surface area contributed by atoms with Crippen LogP contribution in [0, 0.1) is 20.8 Å². The van der Waals surface area contributed by atoms with Crippen molar-refractivity contribution in [3.63, 3.8) is 0 Å². The van der Waals surface area contributed by atoms with Crippen LogP contribution in [0.4, 0.5) is 5.69 Å². The first-order valence-electron chi connectivity index (χ1n) is 7.39.